The van der Waals surface area contributed by atoms with Gasteiger partial charge in [-0.05, 0) is 51.4 Å². The molecule has 0 unspecified atom stereocenters. The molecule has 35 heavy (non-hydrogen) atoms. The number of benzene rings is 2. The van der Waals surface area contributed by atoms with Crippen molar-refractivity contribution in [2.24, 2.45) is 5.92 Å². The Labute approximate surface area is 204 Å². The number of aliphatic hydroxyl groups is 1. The van der Waals surface area contributed by atoms with Crippen LogP contribution in [-0.4, -0.2) is 79.6 Å². The molecule has 0 radical (unpaired) electrons. The summed E-state index contributed by atoms with van der Waals surface area (Å²) in [6, 6.07) is 9.30. The predicted molar refractivity (Wildman–Crippen MR) is 131 cm³/mol. The molecule has 0 saturated heterocycles. The predicted octanol–water partition coefficient (Wildman–Crippen LogP) is 2.84. The van der Waals surface area contributed by atoms with Gasteiger partial charge in [-0.3, -0.25) is 4.79 Å². The van der Waals surface area contributed by atoms with E-state index in [1.54, 1.807) is 41.3 Å². The van der Waals surface area contributed by atoms with E-state index in [2.05, 4.69) is 10.6 Å². The number of ether oxygens (including phenoxy) is 3. The molecule has 0 aliphatic carbocycles. The largest absolute Gasteiger partial charge is 0.488 e. The molecule has 188 valence electrons. The van der Waals surface area contributed by atoms with Crippen LogP contribution in [0.15, 0.2) is 36.4 Å². The van der Waals surface area contributed by atoms with Gasteiger partial charge in [0.1, 0.15) is 11.9 Å². The first-order valence-corrected chi connectivity index (χ1v) is 11.6. The van der Waals surface area contributed by atoms with Crippen LogP contribution in [0, 0.1) is 5.92 Å². The lowest BCUT2D eigenvalue weighted by atomic mass is 9.99. The Morgan fingerprint density at radius 2 is 1.77 bits per heavy atom. The minimum absolute atomic E-state index is 0.0498. The SMILES string of the molecule is C[C@@H]1CN([C@@H](C)CO)C(=O)c2cc(NC(=O)Nc3ccc4c(c3)OCO4)ccc2O[C@@H]1CN(C)C. The summed E-state index contributed by atoms with van der Waals surface area (Å²) < 4.78 is 16.9. The smallest absolute Gasteiger partial charge is 0.323 e. The Morgan fingerprint density at radius 1 is 1.11 bits per heavy atom. The van der Waals surface area contributed by atoms with Crippen LogP contribution in [0.25, 0.3) is 0 Å². The number of nitrogens with one attached hydrogen (secondary N) is 2. The number of nitrogens with zero attached hydrogens (tertiary/aromatic N) is 2. The topological polar surface area (TPSA) is 113 Å². The van der Waals surface area contributed by atoms with Gasteiger partial charge in [0.25, 0.3) is 5.91 Å². The molecule has 2 aromatic rings. The second-order valence-corrected chi connectivity index (χ2v) is 9.24. The number of hydrogen-bond acceptors (Lipinski definition) is 7. The van der Waals surface area contributed by atoms with Gasteiger partial charge in [0.15, 0.2) is 11.5 Å². The molecule has 0 spiro atoms. The monoisotopic (exact) mass is 484 g/mol. The molecule has 0 aromatic heterocycles. The van der Waals surface area contributed by atoms with Gasteiger partial charge >= 0.3 is 6.03 Å². The van der Waals surface area contributed by atoms with Gasteiger partial charge in [0, 0.05) is 36.4 Å². The Balaban J connectivity index is 1.56. The quantitative estimate of drug-likeness (QED) is 0.578. The maximum atomic E-state index is 13.5. The summed E-state index contributed by atoms with van der Waals surface area (Å²) in [5.74, 6) is 1.43. The maximum absolute atomic E-state index is 13.5. The Morgan fingerprint density at radius 3 is 2.46 bits per heavy atom. The molecule has 2 aliphatic rings. The minimum Gasteiger partial charge on any atom is -0.488 e. The molecule has 10 nitrogen and oxygen atoms in total. The number of carbonyl (C=O) groups excluding carboxylic acids is 2. The third kappa shape index (κ3) is 5.60. The Hall–Kier alpha value is -3.50. The summed E-state index contributed by atoms with van der Waals surface area (Å²) in [5, 5.41) is 15.3. The first-order chi connectivity index (χ1) is 16.7. The number of hydrogen-bond donors (Lipinski definition) is 3. The van der Waals surface area contributed by atoms with Crippen molar-refractivity contribution in [1.29, 1.82) is 0 Å². The summed E-state index contributed by atoms with van der Waals surface area (Å²) in [7, 11) is 3.95. The number of urea groups is 1. The van der Waals surface area contributed by atoms with Gasteiger partial charge < -0.3 is 39.8 Å². The van der Waals surface area contributed by atoms with Gasteiger partial charge in [-0.1, -0.05) is 6.92 Å². The van der Waals surface area contributed by atoms with Crippen LogP contribution < -0.4 is 24.8 Å². The maximum Gasteiger partial charge on any atom is 0.323 e. The van der Waals surface area contributed by atoms with Crippen LogP contribution in [0.3, 0.4) is 0 Å². The summed E-state index contributed by atoms with van der Waals surface area (Å²) in [6.07, 6.45) is -0.154. The van der Waals surface area contributed by atoms with Crippen molar-refractivity contribution in [2.75, 3.05) is 51.2 Å². The van der Waals surface area contributed by atoms with E-state index >= 15 is 0 Å². The van der Waals surface area contributed by atoms with Crippen molar-refractivity contribution in [1.82, 2.24) is 9.80 Å². The molecule has 10 heteroatoms. The zero-order chi connectivity index (χ0) is 25.1. The van der Waals surface area contributed by atoms with Gasteiger partial charge in [-0.2, -0.15) is 0 Å². The van der Waals surface area contributed by atoms with E-state index in [-0.39, 0.29) is 37.4 Å². The second-order valence-electron chi connectivity index (χ2n) is 9.24. The zero-order valence-corrected chi connectivity index (χ0v) is 20.4. The number of aliphatic hydroxyl groups excluding tert-OH is 1. The summed E-state index contributed by atoms with van der Waals surface area (Å²) in [5.41, 5.74) is 1.32. The molecular formula is C25H32N4O6. The fourth-order valence-electron chi connectivity index (χ4n) is 4.15. The van der Waals surface area contributed by atoms with Crippen molar-refractivity contribution in [3.05, 3.63) is 42.0 Å². The molecule has 0 saturated carbocycles. The molecule has 0 bridgehead atoms. The second kappa shape index (κ2) is 10.4. The molecule has 4 rings (SSSR count). The lowest BCUT2D eigenvalue weighted by Crippen LogP contribution is -2.49. The van der Waals surface area contributed by atoms with Crippen LogP contribution in [0.4, 0.5) is 16.2 Å². The van der Waals surface area contributed by atoms with Crippen molar-refractivity contribution in [3.63, 3.8) is 0 Å². The first kappa shape index (κ1) is 24.6. The van der Waals surface area contributed by atoms with E-state index in [4.69, 9.17) is 14.2 Å². The number of carbonyl (C=O) groups is 2. The van der Waals surface area contributed by atoms with Crippen LogP contribution in [0.5, 0.6) is 17.2 Å². The zero-order valence-electron chi connectivity index (χ0n) is 20.4. The normalized spacial score (nSPS) is 19.9. The minimum atomic E-state index is -0.470. The highest BCUT2D eigenvalue weighted by molar-refractivity contribution is 6.02. The van der Waals surface area contributed by atoms with Crippen LogP contribution in [0.1, 0.15) is 24.2 Å². The Bertz CT molecular complexity index is 1090. The van der Waals surface area contributed by atoms with Crippen molar-refractivity contribution >= 4 is 23.3 Å². The summed E-state index contributed by atoms with van der Waals surface area (Å²) >= 11 is 0. The van der Waals surface area contributed by atoms with Crippen molar-refractivity contribution < 1.29 is 28.9 Å². The van der Waals surface area contributed by atoms with E-state index < -0.39 is 6.03 Å². The molecule has 3 N–H and O–H groups in total. The van der Waals surface area contributed by atoms with Crippen molar-refractivity contribution in [2.45, 2.75) is 26.0 Å². The molecule has 0 fully saturated rings. The van der Waals surface area contributed by atoms with Crippen LogP contribution in [-0.2, 0) is 0 Å². The molecule has 3 amide bonds. The fraction of sp³-hybridized carbons (Fsp3) is 0.440. The number of rotatable bonds is 6. The molecule has 3 atom stereocenters. The standard InChI is InChI=1S/C25H32N4O6/c1-15-11-29(16(2)13-30)24(31)19-9-17(5-7-20(19)35-23(15)12-28(3)4)26-25(32)27-18-6-8-21-22(10-18)34-14-33-21/h5-10,15-16,23,30H,11-14H2,1-4H3,(H2,26,27,32)/t15-,16+,23-/m1/s1. The van der Waals surface area contributed by atoms with Gasteiger partial charge in [-0.15, -0.1) is 0 Å². The third-order valence-electron chi connectivity index (χ3n) is 6.10. The molecule has 2 aliphatic heterocycles. The lowest BCUT2D eigenvalue weighted by molar-refractivity contribution is 0.0363. The number of anilines is 2. The average molecular weight is 485 g/mol. The molecule has 2 aromatic carbocycles. The summed E-state index contributed by atoms with van der Waals surface area (Å²) in [6.45, 7) is 4.97. The van der Waals surface area contributed by atoms with Crippen LogP contribution >= 0.6 is 0 Å². The molecule has 2 heterocycles. The Kier molecular flexibility index (Phi) is 7.32. The fourth-order valence-corrected chi connectivity index (χ4v) is 4.15. The van der Waals surface area contributed by atoms with E-state index in [1.165, 1.54) is 0 Å². The van der Waals surface area contributed by atoms with Crippen molar-refractivity contribution in [3.8, 4) is 17.2 Å². The van der Waals surface area contributed by atoms with E-state index in [0.717, 1.165) is 0 Å². The molecular weight excluding hydrogens is 452 g/mol. The van der Waals surface area contributed by atoms with Gasteiger partial charge in [0.05, 0.1) is 18.2 Å². The van der Waals surface area contributed by atoms with Gasteiger partial charge in [0.2, 0.25) is 6.79 Å². The number of likely N-dealkylation sites (N-methyl/N-ethyl adjacent to an activating group) is 1. The van der Waals surface area contributed by atoms with E-state index in [0.29, 0.717) is 47.3 Å². The van der Waals surface area contributed by atoms with Gasteiger partial charge in [-0.25, -0.2) is 4.79 Å². The van der Waals surface area contributed by atoms with E-state index in [9.17, 15) is 14.7 Å². The first-order valence-electron chi connectivity index (χ1n) is 11.6. The average Bonchev–Trinajstić information content (AvgIpc) is 3.29. The van der Waals surface area contributed by atoms with Crippen LogP contribution in [0.2, 0.25) is 0 Å². The van der Waals surface area contributed by atoms with E-state index in [1.807, 2.05) is 32.8 Å². The number of fused-ring (bicyclic) bond motifs is 2. The summed E-state index contributed by atoms with van der Waals surface area (Å²) in [4.78, 5) is 29.8. The highest BCUT2D eigenvalue weighted by Crippen LogP contribution is 2.34. The number of amides is 3. The highest BCUT2D eigenvalue weighted by Gasteiger charge is 2.33. The third-order valence-corrected chi connectivity index (χ3v) is 6.10. The lowest BCUT2D eigenvalue weighted by Gasteiger charge is -2.37. The highest BCUT2D eigenvalue weighted by atomic mass is 16.7.